The lowest BCUT2D eigenvalue weighted by molar-refractivity contribution is -0.152. The van der Waals surface area contributed by atoms with Crippen LogP contribution in [0.1, 0.15) is 12.5 Å². The van der Waals surface area contributed by atoms with Gasteiger partial charge in [-0.3, -0.25) is 0 Å². The average Bonchev–Trinajstić information content (AvgIpc) is 2.71. The molecule has 0 saturated carbocycles. The summed E-state index contributed by atoms with van der Waals surface area (Å²) < 4.78 is 26.5. The van der Waals surface area contributed by atoms with Gasteiger partial charge in [0.15, 0.2) is 6.10 Å². The predicted octanol–water partition coefficient (Wildman–Crippen LogP) is 3.89. The topological polar surface area (TPSA) is 63.2 Å². The molecule has 0 aliphatic heterocycles. The van der Waals surface area contributed by atoms with Gasteiger partial charge >= 0.3 is 5.97 Å². The summed E-state index contributed by atoms with van der Waals surface area (Å²) in [5.74, 6) is 0.883. The quantitative estimate of drug-likeness (QED) is 0.392. The van der Waals surface area contributed by atoms with Crippen molar-refractivity contribution in [2.45, 2.75) is 19.6 Å². The van der Waals surface area contributed by atoms with Crippen LogP contribution >= 0.6 is 11.6 Å². The van der Waals surface area contributed by atoms with Crippen molar-refractivity contribution in [3.63, 3.8) is 0 Å². The zero-order chi connectivity index (χ0) is 20.2. The van der Waals surface area contributed by atoms with Gasteiger partial charge in [-0.1, -0.05) is 23.7 Å². The second-order valence-electron chi connectivity index (χ2n) is 5.92. The van der Waals surface area contributed by atoms with Crippen molar-refractivity contribution in [3.8, 4) is 11.5 Å². The summed E-state index contributed by atoms with van der Waals surface area (Å²) in [7, 11) is 1.60. The highest BCUT2D eigenvalue weighted by atomic mass is 35.5. The number of rotatable bonds is 12. The van der Waals surface area contributed by atoms with E-state index in [1.165, 1.54) is 0 Å². The molecule has 1 unspecified atom stereocenters. The summed E-state index contributed by atoms with van der Waals surface area (Å²) in [5, 5.41) is 0.667. The highest BCUT2D eigenvalue weighted by Crippen LogP contribution is 2.19. The van der Waals surface area contributed by atoms with E-state index in [4.69, 9.17) is 35.3 Å². The molecule has 0 saturated heterocycles. The summed E-state index contributed by atoms with van der Waals surface area (Å²) in [5.41, 5.74) is 0.978. The molecule has 0 bridgehead atoms. The Balaban J connectivity index is 1.70. The van der Waals surface area contributed by atoms with Gasteiger partial charge in [0.05, 0.1) is 19.8 Å². The summed E-state index contributed by atoms with van der Waals surface area (Å²) in [6.07, 6.45) is -0.713. The molecule has 0 heterocycles. The molecular formula is C21H25ClO6. The Morgan fingerprint density at radius 3 is 2.25 bits per heavy atom. The van der Waals surface area contributed by atoms with Crippen molar-refractivity contribution in [1.82, 2.24) is 0 Å². The number of carbonyl (C=O) groups excluding carboxylic acids is 1. The molecule has 1 atom stereocenters. The van der Waals surface area contributed by atoms with Gasteiger partial charge in [-0.15, -0.1) is 0 Å². The van der Waals surface area contributed by atoms with E-state index in [1.54, 1.807) is 38.3 Å². The second-order valence-corrected chi connectivity index (χ2v) is 6.36. The molecule has 6 nitrogen and oxygen atoms in total. The van der Waals surface area contributed by atoms with Crippen LogP contribution in [-0.2, 0) is 25.6 Å². The molecule has 0 spiro atoms. The van der Waals surface area contributed by atoms with E-state index in [1.807, 2.05) is 24.3 Å². The van der Waals surface area contributed by atoms with Crippen molar-refractivity contribution in [1.29, 1.82) is 0 Å². The van der Waals surface area contributed by atoms with Gasteiger partial charge in [0.25, 0.3) is 0 Å². The van der Waals surface area contributed by atoms with E-state index in [-0.39, 0.29) is 6.61 Å². The van der Waals surface area contributed by atoms with E-state index in [0.29, 0.717) is 37.2 Å². The molecule has 0 aromatic heterocycles. The highest BCUT2D eigenvalue weighted by molar-refractivity contribution is 6.30. The lowest BCUT2D eigenvalue weighted by atomic mass is 10.2. The van der Waals surface area contributed by atoms with Crippen molar-refractivity contribution >= 4 is 17.6 Å². The zero-order valence-corrected chi connectivity index (χ0v) is 16.8. The summed E-state index contributed by atoms with van der Waals surface area (Å²) >= 11 is 5.85. The van der Waals surface area contributed by atoms with E-state index < -0.39 is 12.1 Å². The predicted molar refractivity (Wildman–Crippen MR) is 106 cm³/mol. The van der Waals surface area contributed by atoms with Crippen LogP contribution in [0.25, 0.3) is 0 Å². The number of benzene rings is 2. The van der Waals surface area contributed by atoms with Crippen LogP contribution < -0.4 is 9.47 Å². The fourth-order valence-electron chi connectivity index (χ4n) is 2.18. The zero-order valence-electron chi connectivity index (χ0n) is 16.1. The molecule has 0 N–H and O–H groups in total. The van der Waals surface area contributed by atoms with Crippen molar-refractivity contribution in [2.75, 3.05) is 33.5 Å². The average molecular weight is 409 g/mol. The molecule has 152 valence electrons. The van der Waals surface area contributed by atoms with Gasteiger partial charge in [-0.25, -0.2) is 4.79 Å². The summed E-state index contributed by atoms with van der Waals surface area (Å²) in [6, 6.07) is 14.5. The minimum Gasteiger partial charge on any atom is -0.489 e. The molecule has 2 aromatic carbocycles. The molecule has 0 fully saturated rings. The standard InChI is InChI=1S/C21H25ClO6/c1-16(21(23)26-14-13-25-12-11-24-2)28-20-7-3-17(4-8-20)15-27-19-9-5-18(22)6-10-19/h3-10,16H,11-15H2,1-2H3. The first-order valence-electron chi connectivity index (χ1n) is 8.96. The Bertz CT molecular complexity index is 702. The molecule has 0 radical (unpaired) electrons. The molecule has 2 rings (SSSR count). The molecule has 28 heavy (non-hydrogen) atoms. The third-order valence-electron chi connectivity index (χ3n) is 3.69. The SMILES string of the molecule is COCCOCCOC(=O)C(C)Oc1ccc(COc2ccc(Cl)cc2)cc1. The van der Waals surface area contributed by atoms with Gasteiger partial charge in [-0.05, 0) is 48.9 Å². The van der Waals surface area contributed by atoms with Gasteiger partial charge < -0.3 is 23.7 Å². The highest BCUT2D eigenvalue weighted by Gasteiger charge is 2.16. The number of methoxy groups -OCH3 is 1. The minimum atomic E-state index is -0.713. The molecule has 2 aromatic rings. The summed E-state index contributed by atoms with van der Waals surface area (Å²) in [6.45, 7) is 3.54. The van der Waals surface area contributed by atoms with Gasteiger partial charge in [-0.2, -0.15) is 0 Å². The van der Waals surface area contributed by atoms with Gasteiger partial charge in [0, 0.05) is 12.1 Å². The molecule has 0 amide bonds. The fourth-order valence-corrected chi connectivity index (χ4v) is 2.30. The van der Waals surface area contributed by atoms with Crippen LogP contribution in [0, 0.1) is 0 Å². The van der Waals surface area contributed by atoms with Crippen LogP contribution in [0.2, 0.25) is 5.02 Å². The first-order chi connectivity index (χ1) is 13.6. The molecule has 7 heteroatoms. The van der Waals surface area contributed by atoms with Crippen molar-refractivity contribution < 1.29 is 28.5 Å². The second kappa shape index (κ2) is 12.2. The number of halogens is 1. The lowest BCUT2D eigenvalue weighted by Crippen LogP contribution is -2.27. The van der Waals surface area contributed by atoms with E-state index in [9.17, 15) is 4.79 Å². The molecule has 0 aliphatic rings. The number of esters is 1. The van der Waals surface area contributed by atoms with E-state index >= 15 is 0 Å². The van der Waals surface area contributed by atoms with Gasteiger partial charge in [0.1, 0.15) is 24.7 Å². The van der Waals surface area contributed by atoms with Crippen molar-refractivity contribution in [3.05, 3.63) is 59.1 Å². The monoisotopic (exact) mass is 408 g/mol. The number of hydrogen-bond acceptors (Lipinski definition) is 6. The third-order valence-corrected chi connectivity index (χ3v) is 3.94. The maximum Gasteiger partial charge on any atom is 0.347 e. The fraction of sp³-hybridized carbons (Fsp3) is 0.381. The largest absolute Gasteiger partial charge is 0.489 e. The van der Waals surface area contributed by atoms with E-state index in [2.05, 4.69) is 0 Å². The number of ether oxygens (including phenoxy) is 5. The Labute approximate surface area is 170 Å². The Morgan fingerprint density at radius 2 is 1.57 bits per heavy atom. The van der Waals surface area contributed by atoms with Crippen LogP contribution in [0.4, 0.5) is 0 Å². The van der Waals surface area contributed by atoms with Crippen LogP contribution in [0.15, 0.2) is 48.5 Å². The van der Waals surface area contributed by atoms with Crippen LogP contribution in [-0.4, -0.2) is 45.6 Å². The van der Waals surface area contributed by atoms with E-state index in [0.717, 1.165) is 11.3 Å². The Kier molecular flexibility index (Phi) is 9.62. The normalized spacial score (nSPS) is 11.7. The number of hydrogen-bond donors (Lipinski definition) is 0. The van der Waals surface area contributed by atoms with Crippen LogP contribution in [0.5, 0.6) is 11.5 Å². The first kappa shape index (κ1) is 22.0. The molecular weight excluding hydrogens is 384 g/mol. The number of carbonyl (C=O) groups is 1. The summed E-state index contributed by atoms with van der Waals surface area (Å²) in [4.78, 5) is 11.9. The Hall–Kier alpha value is -2.28. The maximum atomic E-state index is 11.9. The van der Waals surface area contributed by atoms with Gasteiger partial charge in [0.2, 0.25) is 0 Å². The lowest BCUT2D eigenvalue weighted by Gasteiger charge is -2.14. The van der Waals surface area contributed by atoms with Crippen molar-refractivity contribution in [2.24, 2.45) is 0 Å². The van der Waals surface area contributed by atoms with Crippen LogP contribution in [0.3, 0.4) is 0 Å². The third kappa shape index (κ3) is 8.17. The Morgan fingerprint density at radius 1 is 0.929 bits per heavy atom. The minimum absolute atomic E-state index is 0.178. The molecule has 0 aliphatic carbocycles. The maximum absolute atomic E-state index is 11.9. The first-order valence-corrected chi connectivity index (χ1v) is 9.33. The smallest absolute Gasteiger partial charge is 0.347 e.